The number of halogens is 1. The van der Waals surface area contributed by atoms with Crippen molar-refractivity contribution >= 4 is 23.4 Å². The number of benzene rings is 2. The molecule has 1 heterocycles. The fraction of sp³-hybridized carbons (Fsp3) is 0.0500. The van der Waals surface area contributed by atoms with Crippen LogP contribution in [0.2, 0.25) is 0 Å². The smallest absolute Gasteiger partial charge is 0.272 e. The minimum absolute atomic E-state index is 0.0919. The van der Waals surface area contributed by atoms with Gasteiger partial charge in [-0.1, -0.05) is 0 Å². The molecule has 0 bridgehead atoms. The molecule has 0 spiro atoms. The van der Waals surface area contributed by atoms with E-state index in [4.69, 9.17) is 11.0 Å². The highest BCUT2D eigenvalue weighted by molar-refractivity contribution is 6.05. The third-order valence-corrected chi connectivity index (χ3v) is 4.19. The van der Waals surface area contributed by atoms with E-state index in [1.807, 2.05) is 0 Å². The second-order valence-corrected chi connectivity index (χ2v) is 6.06. The molecular weight excluding hydrogens is 391 g/mol. The number of carbonyl (C=O) groups is 3. The Bertz CT molecular complexity index is 1190. The molecule has 30 heavy (non-hydrogen) atoms. The first kappa shape index (κ1) is 20.2. The lowest BCUT2D eigenvalue weighted by molar-refractivity contribution is 0.0937. The third kappa shape index (κ3) is 3.85. The Morgan fingerprint density at radius 1 is 1.13 bits per heavy atom. The monoisotopic (exact) mass is 406 g/mol. The van der Waals surface area contributed by atoms with Gasteiger partial charge in [0.1, 0.15) is 17.8 Å². The first-order valence-corrected chi connectivity index (χ1v) is 8.56. The largest absolute Gasteiger partial charge is 0.364 e. The van der Waals surface area contributed by atoms with Gasteiger partial charge >= 0.3 is 0 Å². The SMILES string of the molecule is CNC(=O)c1ncn(-c2ccc(NC(=O)c3ccc(C#N)cc3F)cc2)c1C(N)=O. The molecule has 4 N–H and O–H groups in total. The summed E-state index contributed by atoms with van der Waals surface area (Å²) in [5.41, 5.74) is 5.91. The predicted octanol–water partition coefficient (Wildman–Crippen LogP) is 1.59. The van der Waals surface area contributed by atoms with Crippen LogP contribution >= 0.6 is 0 Å². The molecule has 150 valence electrons. The Balaban J connectivity index is 1.85. The summed E-state index contributed by atoms with van der Waals surface area (Å²) < 4.78 is 15.3. The molecule has 3 amide bonds. The first-order chi connectivity index (χ1) is 14.3. The number of anilines is 1. The van der Waals surface area contributed by atoms with Gasteiger partial charge in [0.05, 0.1) is 17.2 Å². The highest BCUT2D eigenvalue weighted by Gasteiger charge is 2.22. The lowest BCUT2D eigenvalue weighted by atomic mass is 10.1. The van der Waals surface area contributed by atoms with E-state index in [1.165, 1.54) is 42.2 Å². The molecule has 0 unspecified atom stereocenters. The van der Waals surface area contributed by atoms with Gasteiger partial charge in [-0.25, -0.2) is 9.37 Å². The number of primary amides is 1. The second-order valence-electron chi connectivity index (χ2n) is 6.06. The van der Waals surface area contributed by atoms with Gasteiger partial charge in [0.15, 0.2) is 5.69 Å². The number of nitrogens with two attached hydrogens (primary N) is 1. The second kappa shape index (κ2) is 8.24. The molecule has 1 aromatic heterocycles. The molecule has 2 aromatic carbocycles. The van der Waals surface area contributed by atoms with Crippen LogP contribution in [0.15, 0.2) is 48.8 Å². The summed E-state index contributed by atoms with van der Waals surface area (Å²) in [6.07, 6.45) is 1.28. The molecule has 0 aliphatic rings. The quantitative estimate of drug-likeness (QED) is 0.590. The summed E-state index contributed by atoms with van der Waals surface area (Å²) in [6, 6.07) is 11.5. The molecule has 0 saturated heterocycles. The molecule has 0 aliphatic heterocycles. The molecular formula is C20H15FN6O3. The topological polar surface area (TPSA) is 143 Å². The number of nitrogens with zero attached hydrogens (tertiary/aromatic N) is 3. The molecule has 0 fully saturated rings. The predicted molar refractivity (Wildman–Crippen MR) is 105 cm³/mol. The van der Waals surface area contributed by atoms with Crippen LogP contribution in [0.25, 0.3) is 5.69 Å². The van der Waals surface area contributed by atoms with E-state index < -0.39 is 23.5 Å². The summed E-state index contributed by atoms with van der Waals surface area (Å²) >= 11 is 0. The van der Waals surface area contributed by atoms with Gasteiger partial charge in [0.25, 0.3) is 17.7 Å². The average molecular weight is 406 g/mol. The molecule has 3 aromatic rings. The summed E-state index contributed by atoms with van der Waals surface area (Å²) in [5.74, 6) is -2.89. The normalized spacial score (nSPS) is 10.2. The zero-order chi connectivity index (χ0) is 21.8. The van der Waals surface area contributed by atoms with Crippen molar-refractivity contribution in [3.05, 3.63) is 77.1 Å². The number of rotatable bonds is 5. The Kier molecular flexibility index (Phi) is 5.55. The number of hydrogen-bond donors (Lipinski definition) is 3. The van der Waals surface area contributed by atoms with Gasteiger partial charge in [0.2, 0.25) is 0 Å². The van der Waals surface area contributed by atoms with Crippen LogP contribution in [-0.2, 0) is 0 Å². The van der Waals surface area contributed by atoms with Crippen LogP contribution in [0.5, 0.6) is 0 Å². The van der Waals surface area contributed by atoms with Gasteiger partial charge in [-0.15, -0.1) is 0 Å². The lowest BCUT2D eigenvalue weighted by Crippen LogP contribution is -2.25. The van der Waals surface area contributed by atoms with E-state index >= 15 is 0 Å². The van der Waals surface area contributed by atoms with Gasteiger partial charge < -0.3 is 16.4 Å². The van der Waals surface area contributed by atoms with Crippen molar-refractivity contribution in [1.82, 2.24) is 14.9 Å². The first-order valence-electron chi connectivity index (χ1n) is 8.56. The number of carbonyl (C=O) groups excluding carboxylic acids is 3. The Hall–Kier alpha value is -4.52. The maximum atomic E-state index is 14.0. The molecule has 10 heteroatoms. The Morgan fingerprint density at radius 2 is 1.83 bits per heavy atom. The number of nitriles is 1. The van der Waals surface area contributed by atoms with Crippen molar-refractivity contribution in [3.8, 4) is 11.8 Å². The lowest BCUT2D eigenvalue weighted by Gasteiger charge is -2.10. The van der Waals surface area contributed by atoms with Gasteiger partial charge in [-0.05, 0) is 42.5 Å². The van der Waals surface area contributed by atoms with E-state index in [0.717, 1.165) is 6.07 Å². The van der Waals surface area contributed by atoms with Gasteiger partial charge in [0, 0.05) is 18.4 Å². The fourth-order valence-corrected chi connectivity index (χ4v) is 2.74. The summed E-state index contributed by atoms with van der Waals surface area (Å²) in [6.45, 7) is 0. The fourth-order valence-electron chi connectivity index (χ4n) is 2.74. The van der Waals surface area contributed by atoms with Crippen molar-refractivity contribution in [2.75, 3.05) is 12.4 Å². The van der Waals surface area contributed by atoms with Crippen LogP contribution in [0.4, 0.5) is 10.1 Å². The molecule has 0 aliphatic carbocycles. The standard InChI is InChI=1S/C20H15FN6O3/c1-24-20(30)16-17(18(23)28)27(10-25-16)13-5-3-12(4-6-13)26-19(29)14-7-2-11(9-22)8-15(14)21/h2-8,10H,1H3,(H2,23,28)(H,24,30)(H,26,29). The van der Waals surface area contributed by atoms with Crippen LogP contribution < -0.4 is 16.4 Å². The van der Waals surface area contributed by atoms with Gasteiger partial charge in [-0.2, -0.15) is 5.26 Å². The minimum atomic E-state index is -0.834. The zero-order valence-corrected chi connectivity index (χ0v) is 15.6. The van der Waals surface area contributed by atoms with E-state index in [0.29, 0.717) is 11.4 Å². The highest BCUT2D eigenvalue weighted by atomic mass is 19.1. The van der Waals surface area contributed by atoms with Crippen molar-refractivity contribution in [1.29, 1.82) is 5.26 Å². The number of nitrogens with one attached hydrogen (secondary N) is 2. The number of hydrogen-bond acceptors (Lipinski definition) is 5. The van der Waals surface area contributed by atoms with Crippen molar-refractivity contribution in [2.45, 2.75) is 0 Å². The van der Waals surface area contributed by atoms with Crippen molar-refractivity contribution in [2.24, 2.45) is 5.73 Å². The maximum absolute atomic E-state index is 14.0. The van der Waals surface area contributed by atoms with Crippen LogP contribution in [0.1, 0.15) is 36.9 Å². The number of imidazole rings is 1. The molecule has 0 saturated carbocycles. The van der Waals surface area contributed by atoms with E-state index in [9.17, 15) is 18.8 Å². The van der Waals surface area contributed by atoms with E-state index in [-0.39, 0.29) is 22.5 Å². The number of aromatic nitrogens is 2. The summed E-state index contributed by atoms with van der Waals surface area (Å²) in [4.78, 5) is 39.9. The zero-order valence-electron chi connectivity index (χ0n) is 15.6. The molecule has 3 rings (SSSR count). The van der Waals surface area contributed by atoms with Crippen LogP contribution in [-0.4, -0.2) is 34.3 Å². The minimum Gasteiger partial charge on any atom is -0.364 e. The average Bonchev–Trinajstić information content (AvgIpc) is 3.19. The van der Waals surface area contributed by atoms with Gasteiger partial charge in [-0.3, -0.25) is 19.0 Å². The van der Waals surface area contributed by atoms with Crippen molar-refractivity contribution < 1.29 is 18.8 Å². The molecule has 0 atom stereocenters. The van der Waals surface area contributed by atoms with Crippen LogP contribution in [0.3, 0.4) is 0 Å². The summed E-state index contributed by atoms with van der Waals surface area (Å²) in [5, 5.41) is 13.7. The molecule has 9 nitrogen and oxygen atoms in total. The summed E-state index contributed by atoms with van der Waals surface area (Å²) in [7, 11) is 1.40. The van der Waals surface area contributed by atoms with E-state index in [1.54, 1.807) is 18.2 Å². The van der Waals surface area contributed by atoms with Crippen molar-refractivity contribution in [3.63, 3.8) is 0 Å². The molecule has 0 radical (unpaired) electrons. The Morgan fingerprint density at radius 3 is 2.40 bits per heavy atom. The van der Waals surface area contributed by atoms with Crippen LogP contribution in [0, 0.1) is 17.1 Å². The van der Waals surface area contributed by atoms with E-state index in [2.05, 4.69) is 15.6 Å². The Labute approximate surface area is 169 Å². The number of amides is 3. The third-order valence-electron chi connectivity index (χ3n) is 4.19. The maximum Gasteiger partial charge on any atom is 0.272 e. The highest BCUT2D eigenvalue weighted by Crippen LogP contribution is 2.19.